The number of nitrogens with zero attached hydrogens (tertiary/aromatic N) is 5. The van der Waals surface area contributed by atoms with Gasteiger partial charge in [0.1, 0.15) is 5.82 Å². The zero-order valence-corrected chi connectivity index (χ0v) is 14.8. The molecule has 1 saturated heterocycles. The van der Waals surface area contributed by atoms with Crippen molar-refractivity contribution in [1.29, 1.82) is 0 Å². The highest BCUT2D eigenvalue weighted by atomic mass is 16.1. The summed E-state index contributed by atoms with van der Waals surface area (Å²) in [5.41, 5.74) is 2.15. The van der Waals surface area contributed by atoms with Gasteiger partial charge in [-0.2, -0.15) is 4.98 Å². The van der Waals surface area contributed by atoms with Crippen LogP contribution in [0.5, 0.6) is 0 Å². The highest BCUT2D eigenvalue weighted by Crippen LogP contribution is 2.29. The van der Waals surface area contributed by atoms with E-state index in [0.29, 0.717) is 11.2 Å². The van der Waals surface area contributed by atoms with E-state index in [-0.39, 0.29) is 5.56 Å². The first-order chi connectivity index (χ1) is 12.7. The molecule has 0 bridgehead atoms. The molecule has 2 heterocycles. The van der Waals surface area contributed by atoms with Gasteiger partial charge < -0.3 is 4.57 Å². The van der Waals surface area contributed by atoms with Gasteiger partial charge in [0, 0.05) is 25.7 Å². The Kier molecular flexibility index (Phi) is 4.48. The van der Waals surface area contributed by atoms with Crippen molar-refractivity contribution in [2.75, 3.05) is 13.1 Å². The molecule has 0 aliphatic carbocycles. The molecule has 6 nitrogen and oxygen atoms in total. The van der Waals surface area contributed by atoms with Crippen molar-refractivity contribution in [2.45, 2.75) is 19.3 Å². The molecule has 2 aromatic carbocycles. The van der Waals surface area contributed by atoms with Gasteiger partial charge in [-0.05, 0) is 43.5 Å². The van der Waals surface area contributed by atoms with Gasteiger partial charge in [0.05, 0.1) is 16.6 Å². The molecule has 26 heavy (non-hydrogen) atoms. The number of para-hydroxylation sites is 1. The third-order valence-corrected chi connectivity index (χ3v) is 4.78. The second-order valence-electron chi connectivity index (χ2n) is 6.54. The lowest BCUT2D eigenvalue weighted by molar-refractivity contribution is 0.224. The van der Waals surface area contributed by atoms with E-state index in [0.717, 1.165) is 42.7 Å². The maximum atomic E-state index is 12.5. The van der Waals surface area contributed by atoms with Crippen LogP contribution in [0.4, 0.5) is 5.69 Å². The quantitative estimate of drug-likeness (QED) is 0.671. The summed E-state index contributed by atoms with van der Waals surface area (Å²) < 4.78 is 1.94. The van der Waals surface area contributed by atoms with Gasteiger partial charge in [0.15, 0.2) is 0 Å². The van der Waals surface area contributed by atoms with Crippen LogP contribution in [0, 0.1) is 0 Å². The van der Waals surface area contributed by atoms with E-state index in [9.17, 15) is 4.79 Å². The number of hydrogen-bond acceptors (Lipinski definition) is 4. The van der Waals surface area contributed by atoms with Crippen LogP contribution >= 0.6 is 0 Å². The maximum Gasteiger partial charge on any atom is 0.281 e. The van der Waals surface area contributed by atoms with Crippen LogP contribution < -0.4 is 5.56 Å². The largest absolute Gasteiger partial charge is 0.328 e. The van der Waals surface area contributed by atoms with E-state index < -0.39 is 0 Å². The molecule has 1 aliphatic heterocycles. The van der Waals surface area contributed by atoms with Crippen molar-refractivity contribution in [1.82, 2.24) is 14.6 Å². The van der Waals surface area contributed by atoms with Gasteiger partial charge >= 0.3 is 0 Å². The predicted molar refractivity (Wildman–Crippen MR) is 102 cm³/mol. The Labute approximate surface area is 151 Å². The summed E-state index contributed by atoms with van der Waals surface area (Å²) in [6, 6.07) is 15.2. The highest BCUT2D eigenvalue weighted by Gasteiger charge is 2.13. The minimum Gasteiger partial charge on any atom is -0.328 e. The summed E-state index contributed by atoms with van der Waals surface area (Å²) in [5.74, 6) is 0.599. The Balaban J connectivity index is 1.79. The second-order valence-corrected chi connectivity index (χ2v) is 6.54. The summed E-state index contributed by atoms with van der Waals surface area (Å²) in [6.45, 7) is 1.89. The molecule has 0 amide bonds. The molecule has 0 saturated carbocycles. The minimum absolute atomic E-state index is 0.225. The zero-order valence-electron chi connectivity index (χ0n) is 14.8. The van der Waals surface area contributed by atoms with Gasteiger partial charge in [-0.3, -0.25) is 9.80 Å². The number of hydrogen-bond donors (Lipinski definition) is 0. The van der Waals surface area contributed by atoms with Crippen LogP contribution in [-0.4, -0.2) is 27.6 Å². The highest BCUT2D eigenvalue weighted by molar-refractivity contribution is 5.82. The topological polar surface area (TPSA) is 62.9 Å². The fraction of sp³-hybridized carbons (Fsp3) is 0.300. The van der Waals surface area contributed by atoms with E-state index in [2.05, 4.69) is 15.3 Å². The molecule has 0 radical (unpaired) electrons. The van der Waals surface area contributed by atoms with Crippen LogP contribution in [0.15, 0.2) is 63.7 Å². The van der Waals surface area contributed by atoms with E-state index in [1.807, 2.05) is 59.1 Å². The Morgan fingerprint density at radius 2 is 1.69 bits per heavy atom. The Morgan fingerprint density at radius 3 is 2.54 bits per heavy atom. The molecule has 6 heteroatoms. The Bertz CT molecular complexity index is 1020. The molecule has 1 fully saturated rings. The molecule has 0 spiro atoms. The predicted octanol–water partition coefficient (Wildman–Crippen LogP) is 4.09. The van der Waals surface area contributed by atoms with Crippen LogP contribution in [0.1, 0.15) is 19.3 Å². The number of fused-ring (bicyclic) bond motifs is 1. The summed E-state index contributed by atoms with van der Waals surface area (Å²) in [4.78, 5) is 16.8. The normalized spacial score (nSPS) is 15.0. The summed E-state index contributed by atoms with van der Waals surface area (Å²) in [6.07, 6.45) is 3.56. The van der Waals surface area contributed by atoms with Crippen LogP contribution in [-0.2, 0) is 7.05 Å². The van der Waals surface area contributed by atoms with Crippen LogP contribution in [0.3, 0.4) is 0 Å². The first kappa shape index (κ1) is 16.4. The van der Waals surface area contributed by atoms with Crippen molar-refractivity contribution in [2.24, 2.45) is 17.4 Å². The fourth-order valence-electron chi connectivity index (χ4n) is 3.36. The lowest BCUT2D eigenvalue weighted by Gasteiger charge is -2.22. The van der Waals surface area contributed by atoms with Gasteiger partial charge in [0.25, 0.3) is 5.56 Å². The first-order valence-electron chi connectivity index (χ1n) is 8.96. The molecule has 1 aliphatic rings. The van der Waals surface area contributed by atoms with E-state index in [1.54, 1.807) is 6.07 Å². The van der Waals surface area contributed by atoms with Crippen molar-refractivity contribution in [3.63, 3.8) is 0 Å². The molecule has 0 unspecified atom stereocenters. The number of aromatic nitrogens is 2. The monoisotopic (exact) mass is 347 g/mol. The standard InChI is InChI=1S/C20H21N5O/c1-24-18-12-6-4-10-16(18)20(26)21-19(24)15-9-3-5-11-17(15)22-23-25-13-7-2-8-14-25/h3-6,9-12H,2,7-8,13-14H2,1H3. The first-order valence-corrected chi connectivity index (χ1v) is 8.96. The summed E-state index contributed by atoms with van der Waals surface area (Å²) >= 11 is 0. The van der Waals surface area contributed by atoms with E-state index in [1.165, 1.54) is 6.42 Å². The third kappa shape index (κ3) is 3.10. The van der Waals surface area contributed by atoms with Crippen molar-refractivity contribution >= 4 is 16.6 Å². The van der Waals surface area contributed by atoms with Gasteiger partial charge in [0.2, 0.25) is 0 Å². The molecule has 132 valence electrons. The van der Waals surface area contributed by atoms with Crippen molar-refractivity contribution < 1.29 is 0 Å². The third-order valence-electron chi connectivity index (χ3n) is 4.78. The SMILES string of the molecule is Cn1c(-c2ccccc2N=NN2CCCCC2)nc(=O)c2ccccc21. The van der Waals surface area contributed by atoms with E-state index in [4.69, 9.17) is 0 Å². The summed E-state index contributed by atoms with van der Waals surface area (Å²) in [5, 5.41) is 11.5. The van der Waals surface area contributed by atoms with Crippen molar-refractivity contribution in [3.8, 4) is 11.4 Å². The molecule has 0 atom stereocenters. The Hall–Kier alpha value is -3.02. The van der Waals surface area contributed by atoms with Crippen LogP contribution in [0.2, 0.25) is 0 Å². The fourth-order valence-corrected chi connectivity index (χ4v) is 3.36. The van der Waals surface area contributed by atoms with Gasteiger partial charge in [-0.25, -0.2) is 0 Å². The van der Waals surface area contributed by atoms with Crippen molar-refractivity contribution in [3.05, 3.63) is 58.9 Å². The summed E-state index contributed by atoms with van der Waals surface area (Å²) in [7, 11) is 1.92. The number of piperidine rings is 1. The molecule has 4 rings (SSSR count). The smallest absolute Gasteiger partial charge is 0.281 e. The molecular formula is C20H21N5O. The molecule has 1 aromatic heterocycles. The average molecular weight is 347 g/mol. The average Bonchev–Trinajstić information content (AvgIpc) is 2.70. The zero-order chi connectivity index (χ0) is 17.9. The number of benzene rings is 2. The van der Waals surface area contributed by atoms with Crippen LogP contribution in [0.25, 0.3) is 22.3 Å². The maximum absolute atomic E-state index is 12.5. The minimum atomic E-state index is -0.225. The molecular weight excluding hydrogens is 326 g/mol. The van der Waals surface area contributed by atoms with Gasteiger partial charge in [-0.15, -0.1) is 5.11 Å². The molecule has 3 aromatic rings. The lowest BCUT2D eigenvalue weighted by atomic mass is 10.1. The number of rotatable bonds is 3. The number of aryl methyl sites for hydroxylation is 1. The Morgan fingerprint density at radius 1 is 0.962 bits per heavy atom. The van der Waals surface area contributed by atoms with Gasteiger partial charge in [-0.1, -0.05) is 29.5 Å². The lowest BCUT2D eigenvalue weighted by Crippen LogP contribution is -2.23. The molecule has 0 N–H and O–H groups in total. The van der Waals surface area contributed by atoms with E-state index >= 15 is 0 Å². The second kappa shape index (κ2) is 7.07.